The Hall–Kier alpha value is -2.25. The molecule has 1 aliphatic carbocycles. The van der Waals surface area contributed by atoms with E-state index in [1.165, 1.54) is 11.6 Å². The lowest BCUT2D eigenvalue weighted by Crippen LogP contribution is -2.30. The maximum Gasteiger partial charge on any atom is 0.159 e. The molecule has 0 spiro atoms. The van der Waals surface area contributed by atoms with Gasteiger partial charge in [-0.3, -0.25) is 0 Å². The summed E-state index contributed by atoms with van der Waals surface area (Å²) in [6.45, 7) is 1.84. The summed E-state index contributed by atoms with van der Waals surface area (Å²) in [4.78, 5) is 2.27. The Morgan fingerprint density at radius 3 is 2.44 bits per heavy atom. The zero-order chi connectivity index (χ0) is 19.3. The number of benzene rings is 2. The van der Waals surface area contributed by atoms with Gasteiger partial charge in [0.15, 0.2) is 11.6 Å². The lowest BCUT2D eigenvalue weighted by atomic mass is 9.73. The normalized spacial score (nSPS) is 16.1. The number of hydrogen-bond acceptors (Lipinski definition) is 2. The Bertz CT molecular complexity index is 796. The molecule has 3 rings (SSSR count). The highest BCUT2D eigenvalue weighted by Crippen LogP contribution is 2.50. The SMILES string of the molecule is CN(CCCC(C#N)(c1ccc(F)c(F)c1)C1CC1)CCc1ccccc1. The smallest absolute Gasteiger partial charge is 0.159 e. The highest BCUT2D eigenvalue weighted by Gasteiger charge is 2.46. The molecule has 2 aromatic carbocycles. The van der Waals surface area contributed by atoms with Crippen molar-refractivity contribution in [2.24, 2.45) is 5.92 Å². The van der Waals surface area contributed by atoms with Gasteiger partial charge in [0.05, 0.1) is 11.5 Å². The van der Waals surface area contributed by atoms with Gasteiger partial charge in [-0.25, -0.2) is 8.78 Å². The van der Waals surface area contributed by atoms with E-state index in [4.69, 9.17) is 0 Å². The maximum atomic E-state index is 13.7. The van der Waals surface area contributed by atoms with Crippen molar-refractivity contribution >= 4 is 0 Å². The Kier molecular flexibility index (Phi) is 6.23. The first kappa shape index (κ1) is 19.5. The second kappa shape index (κ2) is 8.63. The molecule has 0 aliphatic heterocycles. The van der Waals surface area contributed by atoms with Crippen LogP contribution in [0, 0.1) is 28.9 Å². The predicted molar refractivity (Wildman–Crippen MR) is 103 cm³/mol. The van der Waals surface area contributed by atoms with E-state index in [1.807, 2.05) is 18.2 Å². The molecule has 1 atom stereocenters. The molecule has 1 unspecified atom stereocenters. The van der Waals surface area contributed by atoms with Crippen LogP contribution in [0.1, 0.15) is 36.8 Å². The highest BCUT2D eigenvalue weighted by atomic mass is 19.2. The van der Waals surface area contributed by atoms with Crippen molar-refractivity contribution in [1.82, 2.24) is 4.90 Å². The summed E-state index contributed by atoms with van der Waals surface area (Å²) in [5, 5.41) is 9.94. The predicted octanol–water partition coefficient (Wildman–Crippen LogP) is 5.09. The Morgan fingerprint density at radius 2 is 1.81 bits per heavy atom. The van der Waals surface area contributed by atoms with Gasteiger partial charge in [0.25, 0.3) is 0 Å². The first-order valence-electron chi connectivity index (χ1n) is 9.64. The molecule has 1 aliphatic rings. The molecule has 0 N–H and O–H groups in total. The third-order valence-corrected chi connectivity index (χ3v) is 5.64. The van der Waals surface area contributed by atoms with Crippen molar-refractivity contribution in [3.63, 3.8) is 0 Å². The fraction of sp³-hybridized carbons (Fsp3) is 0.435. The van der Waals surface area contributed by atoms with E-state index < -0.39 is 17.0 Å². The number of likely N-dealkylation sites (N-methyl/N-ethyl adjacent to an activating group) is 1. The van der Waals surface area contributed by atoms with Gasteiger partial charge >= 0.3 is 0 Å². The fourth-order valence-electron chi connectivity index (χ4n) is 3.85. The van der Waals surface area contributed by atoms with Crippen LogP contribution < -0.4 is 0 Å². The van der Waals surface area contributed by atoms with E-state index in [9.17, 15) is 14.0 Å². The average Bonchev–Trinajstić information content (AvgIpc) is 3.52. The number of rotatable bonds is 9. The second-order valence-electron chi connectivity index (χ2n) is 7.63. The van der Waals surface area contributed by atoms with Crippen molar-refractivity contribution in [3.05, 3.63) is 71.3 Å². The summed E-state index contributed by atoms with van der Waals surface area (Å²) in [6.07, 6.45) is 4.49. The Morgan fingerprint density at radius 1 is 1.07 bits per heavy atom. The van der Waals surface area contributed by atoms with Crippen LogP contribution in [0.2, 0.25) is 0 Å². The van der Waals surface area contributed by atoms with Gasteiger partial charge in [0, 0.05) is 6.54 Å². The molecule has 2 nitrogen and oxygen atoms in total. The minimum atomic E-state index is -0.868. The summed E-state index contributed by atoms with van der Waals surface area (Å²) in [7, 11) is 2.09. The highest BCUT2D eigenvalue weighted by molar-refractivity contribution is 5.36. The summed E-state index contributed by atoms with van der Waals surface area (Å²) >= 11 is 0. The first-order valence-corrected chi connectivity index (χ1v) is 9.64. The molecule has 0 saturated heterocycles. The quantitative estimate of drug-likeness (QED) is 0.616. The van der Waals surface area contributed by atoms with Crippen LogP contribution in [0.5, 0.6) is 0 Å². The summed E-state index contributed by atoms with van der Waals surface area (Å²) in [5.41, 5.74) is 1.24. The second-order valence-corrected chi connectivity index (χ2v) is 7.63. The summed E-state index contributed by atoms with van der Waals surface area (Å²) < 4.78 is 27.1. The van der Waals surface area contributed by atoms with Crippen molar-refractivity contribution in [2.75, 3.05) is 20.1 Å². The number of halogens is 2. The van der Waals surface area contributed by atoms with Gasteiger partial charge in [-0.05, 0) is 74.9 Å². The van der Waals surface area contributed by atoms with Gasteiger partial charge in [0.2, 0.25) is 0 Å². The van der Waals surface area contributed by atoms with Crippen molar-refractivity contribution in [3.8, 4) is 6.07 Å². The van der Waals surface area contributed by atoms with Gasteiger partial charge in [0.1, 0.15) is 0 Å². The molecule has 1 saturated carbocycles. The zero-order valence-electron chi connectivity index (χ0n) is 15.8. The van der Waals surface area contributed by atoms with Gasteiger partial charge in [-0.15, -0.1) is 0 Å². The lowest BCUT2D eigenvalue weighted by Gasteiger charge is -2.28. The Labute approximate surface area is 160 Å². The van der Waals surface area contributed by atoms with Crippen LogP contribution in [0.15, 0.2) is 48.5 Å². The molecule has 142 valence electrons. The minimum Gasteiger partial charge on any atom is -0.306 e. The minimum absolute atomic E-state index is 0.252. The van der Waals surface area contributed by atoms with E-state index in [2.05, 4.69) is 30.1 Å². The molecule has 27 heavy (non-hydrogen) atoms. The molecule has 0 bridgehead atoms. The van der Waals surface area contributed by atoms with Gasteiger partial charge < -0.3 is 4.90 Å². The van der Waals surface area contributed by atoms with Crippen LogP contribution in [-0.2, 0) is 11.8 Å². The molecule has 0 aromatic heterocycles. The largest absolute Gasteiger partial charge is 0.306 e. The number of nitrogens with zero attached hydrogens (tertiary/aromatic N) is 2. The monoisotopic (exact) mass is 368 g/mol. The molecule has 1 fully saturated rings. The van der Waals surface area contributed by atoms with Crippen LogP contribution in [-0.4, -0.2) is 25.0 Å². The van der Waals surface area contributed by atoms with E-state index in [-0.39, 0.29) is 5.92 Å². The van der Waals surface area contributed by atoms with E-state index in [1.54, 1.807) is 6.07 Å². The van der Waals surface area contributed by atoms with E-state index >= 15 is 0 Å². The Balaban J connectivity index is 1.59. The van der Waals surface area contributed by atoms with Crippen LogP contribution in [0.3, 0.4) is 0 Å². The van der Waals surface area contributed by atoms with Crippen LogP contribution in [0.25, 0.3) is 0 Å². The summed E-state index contributed by atoms with van der Waals surface area (Å²) in [6, 6.07) is 16.8. The van der Waals surface area contributed by atoms with Crippen molar-refractivity contribution in [1.29, 1.82) is 5.26 Å². The third kappa shape index (κ3) is 4.73. The lowest BCUT2D eigenvalue weighted by molar-refractivity contribution is 0.308. The molecule has 0 radical (unpaired) electrons. The van der Waals surface area contributed by atoms with E-state index in [0.717, 1.165) is 44.8 Å². The fourth-order valence-corrected chi connectivity index (χ4v) is 3.85. The molecule has 0 amide bonds. The molecule has 2 aromatic rings. The maximum absolute atomic E-state index is 13.7. The molecular weight excluding hydrogens is 342 g/mol. The number of hydrogen-bond donors (Lipinski definition) is 0. The first-order chi connectivity index (χ1) is 13.0. The standard InChI is InChI=1S/C23H26F2N2/c1-27(15-12-18-6-3-2-4-7-18)14-5-13-23(17-26,19-8-9-19)20-10-11-21(24)22(25)16-20/h2-4,6-7,10-11,16,19H,5,8-9,12-15H2,1H3. The van der Waals surface area contributed by atoms with Crippen LogP contribution >= 0.6 is 0 Å². The molecule has 0 heterocycles. The topological polar surface area (TPSA) is 27.0 Å². The summed E-state index contributed by atoms with van der Waals surface area (Å²) in [5.74, 6) is -1.48. The van der Waals surface area contributed by atoms with Crippen LogP contribution in [0.4, 0.5) is 8.78 Å². The van der Waals surface area contributed by atoms with Crippen molar-refractivity contribution < 1.29 is 8.78 Å². The average molecular weight is 368 g/mol. The van der Waals surface area contributed by atoms with Gasteiger partial charge in [-0.1, -0.05) is 36.4 Å². The third-order valence-electron chi connectivity index (χ3n) is 5.64. The molecule has 4 heteroatoms. The van der Waals surface area contributed by atoms with E-state index in [0.29, 0.717) is 12.0 Å². The van der Waals surface area contributed by atoms with Crippen molar-refractivity contribution in [2.45, 2.75) is 37.5 Å². The zero-order valence-corrected chi connectivity index (χ0v) is 15.8. The number of nitriles is 1. The molecular formula is C23H26F2N2. The van der Waals surface area contributed by atoms with Gasteiger partial charge in [-0.2, -0.15) is 5.26 Å².